The first-order valence-electron chi connectivity index (χ1n) is 17.6. The van der Waals surface area contributed by atoms with Crippen LogP contribution < -0.4 is 22.5 Å². The van der Waals surface area contributed by atoms with Crippen LogP contribution in [0.4, 0.5) is 0 Å². The van der Waals surface area contributed by atoms with Gasteiger partial charge in [-0.2, -0.15) is 16.8 Å². The number of nitrogens with two attached hydrogens (primary N) is 3. The molecule has 0 fully saturated rings. The number of nitrogens with zero attached hydrogens (tertiary/aromatic N) is 1. The summed E-state index contributed by atoms with van der Waals surface area (Å²) >= 11 is 1.46. The third-order valence-electron chi connectivity index (χ3n) is 7.95. The quantitative estimate of drug-likeness (QED) is 0.0366. The minimum Gasteiger partial charge on any atom is -0.480 e. The summed E-state index contributed by atoms with van der Waals surface area (Å²) in [4.78, 5) is 61.5. The number of hydrogen-bond donors (Lipinski definition) is 5. The maximum Gasteiger partial charge on any atom is 0.361 e. The van der Waals surface area contributed by atoms with E-state index in [9.17, 15) is 24.3 Å². The molecule has 46 heavy (non-hydrogen) atoms. The summed E-state index contributed by atoms with van der Waals surface area (Å²) in [5.41, 5.74) is 17.0. The average molecular weight is 676 g/mol. The van der Waals surface area contributed by atoms with Crippen molar-refractivity contribution < 1.29 is 34.2 Å². The molecule has 0 saturated heterocycles. The fraction of sp³-hybridized carbons (Fsp3) is 0.879. The lowest BCUT2D eigenvalue weighted by Crippen LogP contribution is -2.54. The largest absolute Gasteiger partial charge is 0.480 e. The lowest BCUT2D eigenvalue weighted by molar-refractivity contribution is -0.389. The number of aliphatic carboxylic acids is 1. The Hall–Kier alpha value is -1.93. The third kappa shape index (κ3) is 22.6. The van der Waals surface area contributed by atoms with E-state index in [2.05, 4.69) is 12.2 Å². The summed E-state index contributed by atoms with van der Waals surface area (Å²) in [5.74, 6) is -2.80. The van der Waals surface area contributed by atoms with Crippen LogP contribution in [0.1, 0.15) is 142 Å². The second-order valence-corrected chi connectivity index (χ2v) is 13.0. The molecule has 0 radical (unpaired) electrons. The number of amides is 2. The molecule has 3 atom stereocenters. The Kier molecular flexibility index (Phi) is 29.1. The van der Waals surface area contributed by atoms with Crippen molar-refractivity contribution in [2.75, 3.05) is 25.1 Å². The summed E-state index contributed by atoms with van der Waals surface area (Å²) in [6.07, 6.45) is 20.1. The molecule has 0 saturated carbocycles. The topological polar surface area (TPSA) is 200 Å². The summed E-state index contributed by atoms with van der Waals surface area (Å²) in [6.45, 7) is 3.11. The fourth-order valence-corrected chi connectivity index (χ4v) is 5.50. The number of carboxylic acids is 1. The zero-order chi connectivity index (χ0) is 34.4. The van der Waals surface area contributed by atoms with Gasteiger partial charge in [0.25, 0.3) is 0 Å². The number of carbonyl (C=O) groups is 4. The Morgan fingerprint density at radius 3 is 1.78 bits per heavy atom. The van der Waals surface area contributed by atoms with Crippen LogP contribution in [0, 0.1) is 0 Å². The summed E-state index contributed by atoms with van der Waals surface area (Å²) < 4.78 is 0. The Morgan fingerprint density at radius 2 is 1.28 bits per heavy atom. The zero-order valence-corrected chi connectivity index (χ0v) is 29.5. The SMILES string of the molecule is CCCCCCCCCCCCCCCC(=O)N(OOC(=O)[C@@H](N)CCCCN)[C@@H](CCSC)C(=O)N[C@@H](CCCCN)C(=O)O. The number of nitrogens with one attached hydrogen (secondary N) is 1. The van der Waals surface area contributed by atoms with Gasteiger partial charge < -0.3 is 27.6 Å². The molecule has 2 amide bonds. The summed E-state index contributed by atoms with van der Waals surface area (Å²) in [6, 6.07) is -3.35. The highest BCUT2D eigenvalue weighted by Gasteiger charge is 2.35. The smallest absolute Gasteiger partial charge is 0.361 e. The maximum atomic E-state index is 13.4. The number of thioether (sulfide) groups is 1. The van der Waals surface area contributed by atoms with Gasteiger partial charge in [-0.3, -0.25) is 14.5 Å². The molecule has 0 heterocycles. The molecule has 0 spiro atoms. The van der Waals surface area contributed by atoms with Gasteiger partial charge in [0.1, 0.15) is 18.1 Å². The maximum absolute atomic E-state index is 13.4. The first-order chi connectivity index (χ1) is 22.2. The van der Waals surface area contributed by atoms with Crippen molar-refractivity contribution >= 4 is 35.5 Å². The number of unbranched alkanes of at least 4 members (excludes halogenated alkanes) is 14. The predicted molar refractivity (Wildman–Crippen MR) is 184 cm³/mol. The van der Waals surface area contributed by atoms with Crippen molar-refractivity contribution in [2.24, 2.45) is 17.2 Å². The van der Waals surface area contributed by atoms with E-state index >= 15 is 0 Å². The van der Waals surface area contributed by atoms with Gasteiger partial charge in [-0.25, -0.2) is 9.59 Å². The lowest BCUT2D eigenvalue weighted by Gasteiger charge is -2.29. The lowest BCUT2D eigenvalue weighted by atomic mass is 10.0. The number of carbonyl (C=O) groups excluding carboxylic acids is 3. The van der Waals surface area contributed by atoms with Gasteiger partial charge in [0.05, 0.1) is 0 Å². The molecule has 0 aromatic carbocycles. The molecule has 12 nitrogen and oxygen atoms in total. The summed E-state index contributed by atoms with van der Waals surface area (Å²) in [7, 11) is 0. The van der Waals surface area contributed by atoms with E-state index < -0.39 is 41.9 Å². The van der Waals surface area contributed by atoms with Crippen LogP contribution in [-0.4, -0.2) is 77.1 Å². The van der Waals surface area contributed by atoms with Gasteiger partial charge >= 0.3 is 11.9 Å². The Labute approximate surface area is 281 Å². The van der Waals surface area contributed by atoms with Gasteiger partial charge in [0.2, 0.25) is 11.8 Å². The van der Waals surface area contributed by atoms with Crippen LogP contribution in [0.25, 0.3) is 0 Å². The Morgan fingerprint density at radius 1 is 0.761 bits per heavy atom. The van der Waals surface area contributed by atoms with Crippen LogP contribution in [0.5, 0.6) is 0 Å². The van der Waals surface area contributed by atoms with Crippen molar-refractivity contribution in [1.82, 2.24) is 10.4 Å². The molecule has 0 aliphatic carbocycles. The van der Waals surface area contributed by atoms with Gasteiger partial charge in [-0.05, 0) is 70.0 Å². The standard InChI is InChI=1S/C33H65N5O7S/c1-3-4-5-6-7-8-9-10-11-12-13-14-15-22-30(39)38(45-44-33(43)27(36)20-16-18-24-34)29(23-26-46-2)31(40)37-28(32(41)42)21-17-19-25-35/h27-29H,3-26,34-36H2,1-2H3,(H,37,40)(H,41,42)/t27-,28-,29-/m0/s1. The number of carboxylic acid groups (broad SMARTS) is 1. The van der Waals surface area contributed by atoms with Crippen molar-refractivity contribution in [3.8, 4) is 0 Å². The van der Waals surface area contributed by atoms with E-state index in [0.717, 1.165) is 24.3 Å². The molecule has 13 heteroatoms. The monoisotopic (exact) mass is 675 g/mol. The molecule has 0 aromatic heterocycles. The number of rotatable bonds is 32. The van der Waals surface area contributed by atoms with E-state index in [-0.39, 0.29) is 19.3 Å². The van der Waals surface area contributed by atoms with Crippen molar-refractivity contribution in [3.05, 3.63) is 0 Å². The molecule has 0 bridgehead atoms. The number of hydrogen-bond acceptors (Lipinski definition) is 10. The molecule has 0 aliphatic heterocycles. The minimum atomic E-state index is -1.21. The molecule has 270 valence electrons. The van der Waals surface area contributed by atoms with E-state index in [1.807, 2.05) is 6.26 Å². The molecule has 0 unspecified atom stereocenters. The zero-order valence-electron chi connectivity index (χ0n) is 28.7. The highest BCUT2D eigenvalue weighted by atomic mass is 32.2. The molecular formula is C33H65N5O7S. The van der Waals surface area contributed by atoms with Crippen molar-refractivity contribution in [1.29, 1.82) is 0 Å². The normalized spacial score (nSPS) is 13.2. The fourth-order valence-electron chi connectivity index (χ4n) is 5.04. The molecule has 8 N–H and O–H groups in total. The van der Waals surface area contributed by atoms with Crippen LogP contribution in [0.3, 0.4) is 0 Å². The van der Waals surface area contributed by atoms with E-state index in [0.29, 0.717) is 57.4 Å². The van der Waals surface area contributed by atoms with E-state index in [4.69, 9.17) is 27.1 Å². The molecule has 0 aromatic rings. The second kappa shape index (κ2) is 30.4. The van der Waals surface area contributed by atoms with E-state index in [1.165, 1.54) is 69.5 Å². The van der Waals surface area contributed by atoms with Gasteiger partial charge in [0.15, 0.2) is 0 Å². The highest BCUT2D eigenvalue weighted by Crippen LogP contribution is 2.17. The Bertz CT molecular complexity index is 808. The van der Waals surface area contributed by atoms with Gasteiger partial charge in [-0.15, -0.1) is 0 Å². The van der Waals surface area contributed by atoms with Gasteiger partial charge in [0, 0.05) is 6.42 Å². The van der Waals surface area contributed by atoms with E-state index in [1.54, 1.807) is 0 Å². The summed E-state index contributed by atoms with van der Waals surface area (Å²) in [5, 5.41) is 13.0. The average Bonchev–Trinajstić information content (AvgIpc) is 3.03. The van der Waals surface area contributed by atoms with Crippen LogP contribution >= 0.6 is 11.8 Å². The molecule has 0 rings (SSSR count). The van der Waals surface area contributed by atoms with Gasteiger partial charge in [-0.1, -0.05) is 95.4 Å². The number of hydroxylamine groups is 2. The first-order valence-corrected chi connectivity index (χ1v) is 19.0. The second-order valence-electron chi connectivity index (χ2n) is 12.1. The Balaban J connectivity index is 5.25. The molecule has 0 aliphatic rings. The highest BCUT2D eigenvalue weighted by molar-refractivity contribution is 7.98. The van der Waals surface area contributed by atoms with Crippen LogP contribution in [-0.2, 0) is 29.1 Å². The van der Waals surface area contributed by atoms with Crippen LogP contribution in [0.15, 0.2) is 0 Å². The minimum absolute atomic E-state index is 0.0831. The predicted octanol–water partition coefficient (Wildman–Crippen LogP) is 4.96. The first kappa shape index (κ1) is 44.1. The van der Waals surface area contributed by atoms with Crippen LogP contribution in [0.2, 0.25) is 0 Å². The van der Waals surface area contributed by atoms with Crippen molar-refractivity contribution in [3.63, 3.8) is 0 Å². The third-order valence-corrected chi connectivity index (χ3v) is 8.60. The van der Waals surface area contributed by atoms with Crippen molar-refractivity contribution in [2.45, 2.75) is 160 Å². The molecular weight excluding hydrogens is 610 g/mol.